The molecule has 17 heavy (non-hydrogen) atoms. The van der Waals surface area contributed by atoms with E-state index in [1.807, 2.05) is 0 Å². The molecule has 0 fully saturated rings. The van der Waals surface area contributed by atoms with Crippen LogP contribution in [0.2, 0.25) is 0 Å². The van der Waals surface area contributed by atoms with Crippen molar-refractivity contribution in [1.29, 1.82) is 0 Å². The molecule has 2 rings (SSSR count). The van der Waals surface area contributed by atoms with Crippen LogP contribution in [0.25, 0.3) is 0 Å². The van der Waals surface area contributed by atoms with Gasteiger partial charge in [0.1, 0.15) is 0 Å². The topological polar surface area (TPSA) is 87.6 Å². The number of β-amino-alcohol motifs (C(OH)–C–C–N with tert-alkyl or cyclic N) is 1. The number of sulfonamides is 1. The SMILES string of the molecule is O=C1c2cccnc2S(=O)(=O)N1CC(O)CBr. The summed E-state index contributed by atoms with van der Waals surface area (Å²) in [6.45, 7) is -0.275. The van der Waals surface area contributed by atoms with Crippen molar-refractivity contribution in [2.75, 3.05) is 11.9 Å². The number of hydrogen-bond donors (Lipinski definition) is 1. The third kappa shape index (κ3) is 1.96. The maximum atomic E-state index is 12.0. The first kappa shape index (κ1) is 12.5. The van der Waals surface area contributed by atoms with Gasteiger partial charge in [-0.05, 0) is 12.1 Å². The van der Waals surface area contributed by atoms with Crippen LogP contribution in [0.4, 0.5) is 0 Å². The molecular formula is C9H9BrN2O4S. The van der Waals surface area contributed by atoms with Gasteiger partial charge >= 0.3 is 0 Å². The third-order valence-electron chi connectivity index (χ3n) is 2.32. The lowest BCUT2D eigenvalue weighted by atomic mass is 10.2. The highest BCUT2D eigenvalue weighted by Crippen LogP contribution is 2.28. The predicted molar refractivity (Wildman–Crippen MR) is 62.3 cm³/mol. The van der Waals surface area contributed by atoms with Gasteiger partial charge in [0.25, 0.3) is 15.9 Å². The van der Waals surface area contributed by atoms with E-state index in [0.717, 1.165) is 0 Å². The summed E-state index contributed by atoms with van der Waals surface area (Å²) >= 11 is 3.02. The van der Waals surface area contributed by atoms with Crippen molar-refractivity contribution in [3.63, 3.8) is 0 Å². The number of alkyl halides is 1. The van der Waals surface area contributed by atoms with Gasteiger partial charge in [0.2, 0.25) is 0 Å². The van der Waals surface area contributed by atoms with Crippen LogP contribution in [0.5, 0.6) is 0 Å². The zero-order valence-corrected chi connectivity index (χ0v) is 11.0. The summed E-state index contributed by atoms with van der Waals surface area (Å²) in [5, 5.41) is 9.37. The average molecular weight is 321 g/mol. The van der Waals surface area contributed by atoms with E-state index >= 15 is 0 Å². The van der Waals surface area contributed by atoms with E-state index in [2.05, 4.69) is 20.9 Å². The lowest BCUT2D eigenvalue weighted by Gasteiger charge is -2.17. The molecule has 1 N–H and O–H groups in total. The standard InChI is InChI=1S/C9H9BrN2O4S/c10-4-6(13)5-12-9(14)7-2-1-3-11-8(7)17(12,15)16/h1-3,6,13H,4-5H2. The van der Waals surface area contributed by atoms with Crippen LogP contribution in [-0.2, 0) is 10.0 Å². The van der Waals surface area contributed by atoms with Gasteiger partial charge in [-0.2, -0.15) is 8.42 Å². The fourth-order valence-electron chi connectivity index (χ4n) is 1.53. The molecule has 0 bridgehead atoms. The molecule has 92 valence electrons. The van der Waals surface area contributed by atoms with Crippen LogP contribution in [0.1, 0.15) is 10.4 Å². The van der Waals surface area contributed by atoms with E-state index in [4.69, 9.17) is 0 Å². The van der Waals surface area contributed by atoms with E-state index in [9.17, 15) is 18.3 Å². The Labute approximate surface area is 106 Å². The Morgan fingerprint density at radius 3 is 2.82 bits per heavy atom. The number of aromatic nitrogens is 1. The Morgan fingerprint density at radius 2 is 2.24 bits per heavy atom. The number of halogens is 1. The minimum absolute atomic E-state index is 0.0503. The average Bonchev–Trinajstić information content (AvgIpc) is 2.51. The number of fused-ring (bicyclic) bond motifs is 1. The summed E-state index contributed by atoms with van der Waals surface area (Å²) in [5.41, 5.74) is 0.0503. The van der Waals surface area contributed by atoms with Gasteiger partial charge in [0.05, 0.1) is 18.2 Å². The minimum Gasteiger partial charge on any atom is -0.390 e. The molecule has 1 atom stereocenters. The summed E-state index contributed by atoms with van der Waals surface area (Å²) in [7, 11) is -3.91. The van der Waals surface area contributed by atoms with Crippen molar-refractivity contribution in [1.82, 2.24) is 9.29 Å². The number of pyridine rings is 1. The van der Waals surface area contributed by atoms with E-state index in [1.165, 1.54) is 18.3 Å². The summed E-state index contributed by atoms with van der Waals surface area (Å²) in [6, 6.07) is 2.90. The first-order valence-corrected chi connectivity index (χ1v) is 7.30. The number of hydrogen-bond acceptors (Lipinski definition) is 5. The van der Waals surface area contributed by atoms with Crippen molar-refractivity contribution < 1.29 is 18.3 Å². The maximum absolute atomic E-state index is 12.0. The second kappa shape index (κ2) is 4.35. The van der Waals surface area contributed by atoms with Gasteiger partial charge in [0.15, 0.2) is 5.03 Å². The van der Waals surface area contributed by atoms with Crippen molar-refractivity contribution in [2.45, 2.75) is 11.1 Å². The zero-order valence-electron chi connectivity index (χ0n) is 8.58. The smallest absolute Gasteiger partial charge is 0.285 e. The highest BCUT2D eigenvalue weighted by molar-refractivity contribution is 9.09. The molecule has 0 saturated carbocycles. The zero-order chi connectivity index (χ0) is 12.6. The predicted octanol–water partition coefficient (Wildman–Crippen LogP) is -0.0181. The third-order valence-corrected chi connectivity index (χ3v) is 4.77. The maximum Gasteiger partial charge on any atom is 0.285 e. The molecule has 0 radical (unpaired) electrons. The van der Waals surface area contributed by atoms with Gasteiger partial charge < -0.3 is 5.11 Å². The summed E-state index contributed by atoms with van der Waals surface area (Å²) < 4.78 is 24.6. The molecule has 0 spiro atoms. The van der Waals surface area contributed by atoms with Gasteiger partial charge in [-0.15, -0.1) is 0 Å². The normalized spacial score (nSPS) is 19.2. The van der Waals surface area contributed by atoms with Crippen LogP contribution >= 0.6 is 15.9 Å². The van der Waals surface area contributed by atoms with Crippen LogP contribution < -0.4 is 0 Å². The minimum atomic E-state index is -3.91. The Morgan fingerprint density at radius 1 is 1.53 bits per heavy atom. The first-order chi connectivity index (χ1) is 7.98. The number of carbonyl (C=O) groups is 1. The summed E-state index contributed by atoms with van der Waals surface area (Å²) in [4.78, 5) is 15.5. The highest BCUT2D eigenvalue weighted by Gasteiger charge is 2.42. The number of aliphatic hydroxyl groups excluding tert-OH is 1. The van der Waals surface area contributed by atoms with Gasteiger partial charge in [-0.3, -0.25) is 4.79 Å². The summed E-state index contributed by atoms with van der Waals surface area (Å²) in [5.74, 6) is -0.645. The molecule has 1 aliphatic heterocycles. The lowest BCUT2D eigenvalue weighted by Crippen LogP contribution is -2.37. The second-order valence-electron chi connectivity index (χ2n) is 3.51. The molecule has 1 aromatic rings. The van der Waals surface area contributed by atoms with E-state index in [1.54, 1.807) is 0 Å². The van der Waals surface area contributed by atoms with Crippen molar-refractivity contribution in [3.05, 3.63) is 23.9 Å². The van der Waals surface area contributed by atoms with Crippen molar-refractivity contribution >= 4 is 31.9 Å². The Hall–Kier alpha value is -0.990. The van der Waals surface area contributed by atoms with Gasteiger partial charge in [-0.25, -0.2) is 9.29 Å². The monoisotopic (exact) mass is 320 g/mol. The number of carbonyl (C=O) groups excluding carboxylic acids is 1. The molecule has 0 aliphatic carbocycles. The molecule has 0 saturated heterocycles. The first-order valence-electron chi connectivity index (χ1n) is 4.74. The van der Waals surface area contributed by atoms with Gasteiger partial charge in [0, 0.05) is 11.5 Å². The molecule has 6 nitrogen and oxygen atoms in total. The summed E-state index contributed by atoms with van der Waals surface area (Å²) in [6.07, 6.45) is 0.372. The molecule has 2 heterocycles. The van der Waals surface area contributed by atoms with Crippen molar-refractivity contribution in [2.24, 2.45) is 0 Å². The Bertz CT molecular complexity index is 560. The quantitative estimate of drug-likeness (QED) is 0.791. The van der Waals surface area contributed by atoms with E-state index in [-0.39, 0.29) is 22.5 Å². The second-order valence-corrected chi connectivity index (χ2v) is 5.93. The molecule has 8 heteroatoms. The molecular weight excluding hydrogens is 312 g/mol. The highest BCUT2D eigenvalue weighted by atomic mass is 79.9. The Balaban J connectivity index is 2.44. The number of aliphatic hydroxyl groups is 1. The fourth-order valence-corrected chi connectivity index (χ4v) is 3.25. The van der Waals surface area contributed by atoms with Crippen LogP contribution in [0.3, 0.4) is 0 Å². The van der Waals surface area contributed by atoms with Crippen LogP contribution in [0.15, 0.2) is 23.4 Å². The number of nitrogens with zero attached hydrogens (tertiary/aromatic N) is 2. The lowest BCUT2D eigenvalue weighted by molar-refractivity contribution is 0.0813. The van der Waals surface area contributed by atoms with E-state index in [0.29, 0.717) is 4.31 Å². The molecule has 1 unspecified atom stereocenters. The van der Waals surface area contributed by atoms with Crippen molar-refractivity contribution in [3.8, 4) is 0 Å². The molecule has 1 aliphatic rings. The van der Waals surface area contributed by atoms with Crippen LogP contribution in [0, 0.1) is 0 Å². The largest absolute Gasteiger partial charge is 0.390 e. The molecule has 1 aromatic heterocycles. The van der Waals surface area contributed by atoms with Crippen LogP contribution in [-0.4, -0.2) is 46.7 Å². The van der Waals surface area contributed by atoms with E-state index < -0.39 is 22.0 Å². The number of rotatable bonds is 3. The Kier molecular flexibility index (Phi) is 3.19. The van der Waals surface area contributed by atoms with Gasteiger partial charge in [-0.1, -0.05) is 15.9 Å². The molecule has 0 aromatic carbocycles. The number of amides is 1. The molecule has 1 amide bonds. The fraction of sp³-hybridized carbons (Fsp3) is 0.333.